The van der Waals surface area contributed by atoms with Crippen LogP contribution in [0.25, 0.3) is 0 Å². The second kappa shape index (κ2) is 10.1. The summed E-state index contributed by atoms with van der Waals surface area (Å²) in [7, 11) is 5.18. The second-order valence-corrected chi connectivity index (χ2v) is 7.74. The molecule has 6 heteroatoms. The summed E-state index contributed by atoms with van der Waals surface area (Å²) >= 11 is 0. The van der Waals surface area contributed by atoms with E-state index < -0.39 is 0 Å². The molecule has 2 amide bonds. The molecule has 0 aliphatic carbocycles. The maximum atomic E-state index is 12.8. The van der Waals surface area contributed by atoms with Gasteiger partial charge in [0.15, 0.2) is 0 Å². The number of methoxy groups -OCH3 is 1. The van der Waals surface area contributed by atoms with Crippen molar-refractivity contribution in [1.82, 2.24) is 9.80 Å². The number of carbonyl (C=O) groups excluding carboxylic acids is 2. The molecule has 2 aromatic carbocycles. The number of rotatable bonds is 7. The van der Waals surface area contributed by atoms with Crippen molar-refractivity contribution in [2.24, 2.45) is 0 Å². The van der Waals surface area contributed by atoms with Gasteiger partial charge in [0, 0.05) is 39.0 Å². The minimum absolute atomic E-state index is 0.108. The van der Waals surface area contributed by atoms with Crippen LogP contribution >= 0.6 is 0 Å². The fraction of sp³-hybridized carbons (Fsp3) is 0.417. The van der Waals surface area contributed by atoms with Crippen LogP contribution in [0.15, 0.2) is 42.5 Å². The van der Waals surface area contributed by atoms with Gasteiger partial charge in [0.1, 0.15) is 18.1 Å². The zero-order valence-corrected chi connectivity index (χ0v) is 18.0. The lowest BCUT2D eigenvalue weighted by Gasteiger charge is -2.20. The van der Waals surface area contributed by atoms with E-state index in [2.05, 4.69) is 6.07 Å². The van der Waals surface area contributed by atoms with E-state index in [9.17, 15) is 9.59 Å². The number of ether oxygens (including phenoxy) is 2. The van der Waals surface area contributed by atoms with E-state index in [1.54, 1.807) is 26.1 Å². The van der Waals surface area contributed by atoms with Gasteiger partial charge >= 0.3 is 0 Å². The number of benzene rings is 2. The molecule has 6 nitrogen and oxygen atoms in total. The van der Waals surface area contributed by atoms with Gasteiger partial charge in [-0.2, -0.15) is 0 Å². The van der Waals surface area contributed by atoms with Gasteiger partial charge in [-0.3, -0.25) is 9.59 Å². The van der Waals surface area contributed by atoms with Crippen molar-refractivity contribution in [3.05, 3.63) is 59.2 Å². The van der Waals surface area contributed by atoms with Gasteiger partial charge in [0.2, 0.25) is 11.8 Å². The average Bonchev–Trinajstić information content (AvgIpc) is 2.98. The van der Waals surface area contributed by atoms with Crippen LogP contribution in [0.4, 0.5) is 0 Å². The SMILES string of the molecule is COc1ccc(CCC(=O)N2CCOc3ccc(CCC(=O)N(C)C)cc3C2)cc1. The van der Waals surface area contributed by atoms with Gasteiger partial charge in [-0.25, -0.2) is 0 Å². The van der Waals surface area contributed by atoms with Crippen LogP contribution in [0.1, 0.15) is 29.5 Å². The Labute approximate surface area is 178 Å². The molecule has 1 aliphatic rings. The first-order chi connectivity index (χ1) is 14.5. The molecule has 0 bridgehead atoms. The van der Waals surface area contributed by atoms with Crippen molar-refractivity contribution in [2.75, 3.05) is 34.4 Å². The summed E-state index contributed by atoms with van der Waals surface area (Å²) in [5.74, 6) is 1.87. The van der Waals surface area contributed by atoms with Gasteiger partial charge in [-0.15, -0.1) is 0 Å². The fourth-order valence-corrected chi connectivity index (χ4v) is 3.49. The summed E-state index contributed by atoms with van der Waals surface area (Å²) in [6.45, 7) is 1.59. The Balaban J connectivity index is 1.60. The van der Waals surface area contributed by atoms with Gasteiger partial charge in [-0.05, 0) is 42.2 Å². The fourth-order valence-electron chi connectivity index (χ4n) is 3.49. The normalized spacial score (nSPS) is 13.1. The molecule has 0 N–H and O–H groups in total. The number of fused-ring (bicyclic) bond motifs is 1. The van der Waals surface area contributed by atoms with Crippen molar-refractivity contribution < 1.29 is 19.1 Å². The zero-order chi connectivity index (χ0) is 21.5. The van der Waals surface area contributed by atoms with Crippen LogP contribution in [-0.4, -0.2) is 56.0 Å². The Morgan fingerprint density at radius 2 is 1.73 bits per heavy atom. The summed E-state index contributed by atoms with van der Waals surface area (Å²) in [4.78, 5) is 28.2. The largest absolute Gasteiger partial charge is 0.497 e. The Kier molecular flexibility index (Phi) is 7.33. The first-order valence-corrected chi connectivity index (χ1v) is 10.3. The molecular formula is C24H30N2O4. The van der Waals surface area contributed by atoms with Gasteiger partial charge in [0.25, 0.3) is 0 Å². The van der Waals surface area contributed by atoms with Crippen molar-refractivity contribution in [3.63, 3.8) is 0 Å². The first kappa shape index (κ1) is 21.7. The van der Waals surface area contributed by atoms with Crippen molar-refractivity contribution >= 4 is 11.8 Å². The van der Waals surface area contributed by atoms with Gasteiger partial charge in [-0.1, -0.05) is 24.3 Å². The molecule has 0 saturated carbocycles. The quantitative estimate of drug-likeness (QED) is 0.704. The highest BCUT2D eigenvalue weighted by Crippen LogP contribution is 2.25. The molecule has 0 aromatic heterocycles. The first-order valence-electron chi connectivity index (χ1n) is 10.3. The number of hydrogen-bond acceptors (Lipinski definition) is 4. The molecule has 0 unspecified atom stereocenters. The molecule has 160 valence electrons. The van der Waals surface area contributed by atoms with Crippen LogP contribution in [0.5, 0.6) is 11.5 Å². The Morgan fingerprint density at radius 3 is 2.43 bits per heavy atom. The van der Waals surface area contributed by atoms with Crippen LogP contribution in [0, 0.1) is 0 Å². The molecule has 1 heterocycles. The third-order valence-corrected chi connectivity index (χ3v) is 5.37. The molecule has 1 aliphatic heterocycles. The van der Waals surface area contributed by atoms with Crippen molar-refractivity contribution in [1.29, 1.82) is 0 Å². The summed E-state index contributed by atoms with van der Waals surface area (Å²) in [5, 5.41) is 0. The molecule has 2 aromatic rings. The lowest BCUT2D eigenvalue weighted by atomic mass is 10.0. The van der Waals surface area contributed by atoms with Gasteiger partial charge in [0.05, 0.1) is 13.7 Å². The number of aryl methyl sites for hydroxylation is 2. The zero-order valence-electron chi connectivity index (χ0n) is 18.0. The van der Waals surface area contributed by atoms with E-state index >= 15 is 0 Å². The van der Waals surface area contributed by atoms with E-state index in [-0.39, 0.29) is 11.8 Å². The lowest BCUT2D eigenvalue weighted by Crippen LogP contribution is -2.32. The van der Waals surface area contributed by atoms with E-state index in [0.717, 1.165) is 28.2 Å². The highest BCUT2D eigenvalue weighted by atomic mass is 16.5. The van der Waals surface area contributed by atoms with Crippen LogP contribution in [0.2, 0.25) is 0 Å². The van der Waals surface area contributed by atoms with Gasteiger partial charge < -0.3 is 19.3 Å². The number of hydrogen-bond donors (Lipinski definition) is 0. The average molecular weight is 411 g/mol. The summed E-state index contributed by atoms with van der Waals surface area (Å²) < 4.78 is 11.0. The molecule has 0 saturated heterocycles. The standard InChI is InChI=1S/C24H30N2O4/c1-25(2)23(27)12-8-19-6-11-22-20(16-19)17-26(14-15-30-22)24(28)13-7-18-4-9-21(29-3)10-5-18/h4-6,9-11,16H,7-8,12-15,17H2,1-3H3. The number of nitrogens with zero attached hydrogens (tertiary/aromatic N) is 2. The Morgan fingerprint density at radius 1 is 1.03 bits per heavy atom. The highest BCUT2D eigenvalue weighted by molar-refractivity contribution is 5.77. The number of amides is 2. The molecule has 30 heavy (non-hydrogen) atoms. The van der Waals surface area contributed by atoms with Crippen LogP contribution in [-0.2, 0) is 29.0 Å². The van der Waals surface area contributed by atoms with E-state index in [0.29, 0.717) is 45.4 Å². The maximum absolute atomic E-state index is 12.8. The minimum Gasteiger partial charge on any atom is -0.497 e. The van der Waals surface area contributed by atoms with Crippen LogP contribution in [0.3, 0.4) is 0 Å². The summed E-state index contributed by atoms with van der Waals surface area (Å²) in [5.41, 5.74) is 3.20. The Hall–Kier alpha value is -3.02. The third kappa shape index (κ3) is 5.75. The van der Waals surface area contributed by atoms with Crippen LogP contribution < -0.4 is 9.47 Å². The molecule has 0 atom stereocenters. The number of carbonyl (C=O) groups is 2. The van der Waals surface area contributed by atoms with Crippen molar-refractivity contribution in [3.8, 4) is 11.5 Å². The monoisotopic (exact) mass is 410 g/mol. The topological polar surface area (TPSA) is 59.1 Å². The molecule has 0 fully saturated rings. The van der Waals surface area contributed by atoms with Crippen molar-refractivity contribution in [2.45, 2.75) is 32.2 Å². The molecule has 0 spiro atoms. The second-order valence-electron chi connectivity index (χ2n) is 7.74. The third-order valence-electron chi connectivity index (χ3n) is 5.37. The molecule has 3 rings (SSSR count). The van der Waals surface area contributed by atoms with E-state index in [1.165, 1.54) is 0 Å². The molecule has 0 radical (unpaired) electrons. The summed E-state index contributed by atoms with van der Waals surface area (Å²) in [6.07, 6.45) is 2.30. The molecular weight excluding hydrogens is 380 g/mol. The smallest absolute Gasteiger partial charge is 0.223 e. The maximum Gasteiger partial charge on any atom is 0.223 e. The lowest BCUT2D eigenvalue weighted by molar-refractivity contribution is -0.132. The van der Waals surface area contributed by atoms with E-state index in [1.807, 2.05) is 41.3 Å². The highest BCUT2D eigenvalue weighted by Gasteiger charge is 2.20. The Bertz CT molecular complexity index is 877. The predicted molar refractivity (Wildman–Crippen MR) is 116 cm³/mol. The van der Waals surface area contributed by atoms with E-state index in [4.69, 9.17) is 9.47 Å². The predicted octanol–water partition coefficient (Wildman–Crippen LogP) is 3.07. The minimum atomic E-state index is 0.108. The summed E-state index contributed by atoms with van der Waals surface area (Å²) in [6, 6.07) is 13.8.